The normalized spacial score (nSPS) is 11.8. The van der Waals surface area contributed by atoms with E-state index in [9.17, 15) is 4.79 Å². The van der Waals surface area contributed by atoms with Crippen LogP contribution in [0.5, 0.6) is 0 Å². The summed E-state index contributed by atoms with van der Waals surface area (Å²) >= 11 is 4.11. The summed E-state index contributed by atoms with van der Waals surface area (Å²) < 4.78 is 0. The summed E-state index contributed by atoms with van der Waals surface area (Å²) in [4.78, 5) is 11.1. The van der Waals surface area contributed by atoms with Gasteiger partial charge in [-0.25, -0.2) is 0 Å². The van der Waals surface area contributed by atoms with Gasteiger partial charge in [-0.15, -0.1) is 12.6 Å². The molecule has 0 heterocycles. The van der Waals surface area contributed by atoms with E-state index < -0.39 is 0 Å². The molecule has 3 heteroatoms. The van der Waals surface area contributed by atoms with Crippen molar-refractivity contribution in [3.05, 3.63) is 29.3 Å². The van der Waals surface area contributed by atoms with Crippen LogP contribution in [0, 0.1) is 11.3 Å². The maximum Gasteiger partial charge on any atom is 0.127 e. The van der Waals surface area contributed by atoms with Crippen molar-refractivity contribution >= 4 is 18.9 Å². The molecule has 0 fully saturated rings. The van der Waals surface area contributed by atoms with Gasteiger partial charge in [-0.1, -0.05) is 13.0 Å². The molecule has 0 amide bonds. The van der Waals surface area contributed by atoms with E-state index in [-0.39, 0.29) is 5.92 Å². The fourth-order valence-corrected chi connectivity index (χ4v) is 1.19. The van der Waals surface area contributed by atoms with Crippen LogP contribution in [0.4, 0.5) is 0 Å². The van der Waals surface area contributed by atoms with E-state index in [1.54, 1.807) is 19.1 Å². The minimum Gasteiger partial charge on any atom is -0.303 e. The van der Waals surface area contributed by atoms with E-state index >= 15 is 0 Å². The molecule has 1 rings (SSSR count). The molecule has 1 atom stereocenters. The van der Waals surface area contributed by atoms with Crippen molar-refractivity contribution in [2.75, 3.05) is 0 Å². The fourth-order valence-electron chi connectivity index (χ4n) is 1.01. The lowest BCUT2D eigenvalue weighted by atomic mass is 10.0. The number of hydrogen-bond donors (Lipinski definition) is 1. The third-order valence-corrected chi connectivity index (χ3v) is 2.26. The Morgan fingerprint density at radius 2 is 2.31 bits per heavy atom. The molecule has 0 bridgehead atoms. The molecule has 0 aliphatic rings. The highest BCUT2D eigenvalue weighted by atomic mass is 32.1. The van der Waals surface area contributed by atoms with Crippen LogP contribution in [-0.4, -0.2) is 6.29 Å². The monoisotopic (exact) mass is 191 g/mol. The van der Waals surface area contributed by atoms with Crippen molar-refractivity contribution < 1.29 is 4.79 Å². The SMILES string of the molecule is CC(C=O)c1ccc(S)c(C#N)c1. The van der Waals surface area contributed by atoms with Crippen molar-refractivity contribution in [2.45, 2.75) is 17.7 Å². The zero-order chi connectivity index (χ0) is 9.84. The van der Waals surface area contributed by atoms with Crippen molar-refractivity contribution in [1.29, 1.82) is 5.26 Å². The highest BCUT2D eigenvalue weighted by Crippen LogP contribution is 2.19. The molecular formula is C10H9NOS. The van der Waals surface area contributed by atoms with Gasteiger partial charge in [-0.3, -0.25) is 0 Å². The number of carbonyl (C=O) groups is 1. The Morgan fingerprint density at radius 3 is 2.85 bits per heavy atom. The first kappa shape index (κ1) is 9.82. The minimum absolute atomic E-state index is 0.166. The summed E-state index contributed by atoms with van der Waals surface area (Å²) in [5.74, 6) is -0.166. The van der Waals surface area contributed by atoms with Gasteiger partial charge in [0.25, 0.3) is 0 Å². The zero-order valence-corrected chi connectivity index (χ0v) is 8.08. The topological polar surface area (TPSA) is 40.9 Å². The first-order valence-electron chi connectivity index (χ1n) is 3.87. The summed E-state index contributed by atoms with van der Waals surface area (Å²) in [5, 5.41) is 8.71. The van der Waals surface area contributed by atoms with Gasteiger partial charge in [0.15, 0.2) is 0 Å². The number of benzene rings is 1. The van der Waals surface area contributed by atoms with E-state index in [1.807, 2.05) is 12.1 Å². The van der Waals surface area contributed by atoms with Crippen molar-refractivity contribution in [1.82, 2.24) is 0 Å². The van der Waals surface area contributed by atoms with Crippen LogP contribution in [0.2, 0.25) is 0 Å². The van der Waals surface area contributed by atoms with Gasteiger partial charge in [0.05, 0.1) is 5.56 Å². The number of aldehydes is 1. The lowest BCUT2D eigenvalue weighted by molar-refractivity contribution is -0.108. The third-order valence-electron chi connectivity index (χ3n) is 1.87. The molecule has 0 saturated heterocycles. The molecule has 0 radical (unpaired) electrons. The Hall–Kier alpha value is -1.27. The molecule has 0 saturated carbocycles. The Balaban J connectivity index is 3.15. The van der Waals surface area contributed by atoms with Gasteiger partial charge < -0.3 is 4.79 Å². The van der Waals surface area contributed by atoms with Gasteiger partial charge in [0.1, 0.15) is 12.4 Å². The molecule has 0 aliphatic heterocycles. The van der Waals surface area contributed by atoms with E-state index in [0.717, 1.165) is 11.8 Å². The Labute approximate surface area is 82.6 Å². The molecule has 0 aliphatic carbocycles. The standard InChI is InChI=1S/C10H9NOS/c1-7(6-12)8-2-3-10(13)9(4-8)5-11/h2-4,6-7,13H,1H3. The second-order valence-corrected chi connectivity index (χ2v) is 3.29. The van der Waals surface area contributed by atoms with Crippen LogP contribution < -0.4 is 0 Å². The first-order valence-corrected chi connectivity index (χ1v) is 4.32. The van der Waals surface area contributed by atoms with Crippen LogP contribution in [0.1, 0.15) is 24.0 Å². The maximum absolute atomic E-state index is 10.5. The van der Waals surface area contributed by atoms with Gasteiger partial charge in [-0.05, 0) is 17.7 Å². The molecule has 1 aromatic rings. The number of nitriles is 1. The molecule has 0 N–H and O–H groups in total. The lowest BCUT2D eigenvalue weighted by Crippen LogP contribution is -1.95. The van der Waals surface area contributed by atoms with Gasteiger partial charge in [0, 0.05) is 10.8 Å². The summed E-state index contributed by atoms with van der Waals surface area (Å²) in [6.07, 6.45) is 0.856. The van der Waals surface area contributed by atoms with Gasteiger partial charge in [-0.2, -0.15) is 5.26 Å². The number of rotatable bonds is 2. The molecule has 0 spiro atoms. The molecule has 13 heavy (non-hydrogen) atoms. The predicted octanol–water partition coefficient (Wildman–Crippen LogP) is 2.15. The molecule has 1 aromatic carbocycles. The van der Waals surface area contributed by atoms with E-state index in [2.05, 4.69) is 12.6 Å². The number of nitrogens with zero attached hydrogens (tertiary/aromatic N) is 1. The van der Waals surface area contributed by atoms with Crippen molar-refractivity contribution in [3.63, 3.8) is 0 Å². The Kier molecular flexibility index (Phi) is 3.10. The maximum atomic E-state index is 10.5. The van der Waals surface area contributed by atoms with Crippen LogP contribution in [0.15, 0.2) is 23.1 Å². The first-order chi connectivity index (χ1) is 6.19. The Morgan fingerprint density at radius 1 is 1.62 bits per heavy atom. The average molecular weight is 191 g/mol. The molecular weight excluding hydrogens is 182 g/mol. The highest BCUT2D eigenvalue weighted by Gasteiger charge is 2.05. The highest BCUT2D eigenvalue weighted by molar-refractivity contribution is 7.80. The zero-order valence-electron chi connectivity index (χ0n) is 7.19. The van der Waals surface area contributed by atoms with E-state index in [1.165, 1.54) is 0 Å². The summed E-state index contributed by atoms with van der Waals surface area (Å²) in [5.41, 5.74) is 1.36. The van der Waals surface area contributed by atoms with Crippen LogP contribution in [0.3, 0.4) is 0 Å². The molecule has 0 aromatic heterocycles. The van der Waals surface area contributed by atoms with E-state index in [0.29, 0.717) is 10.5 Å². The van der Waals surface area contributed by atoms with Crippen LogP contribution in [-0.2, 0) is 4.79 Å². The minimum atomic E-state index is -0.166. The fraction of sp³-hybridized carbons (Fsp3) is 0.200. The number of thiol groups is 1. The lowest BCUT2D eigenvalue weighted by Gasteiger charge is -2.04. The van der Waals surface area contributed by atoms with Crippen LogP contribution >= 0.6 is 12.6 Å². The third kappa shape index (κ3) is 2.10. The molecule has 1 unspecified atom stereocenters. The number of carbonyl (C=O) groups excluding carboxylic acids is 1. The van der Waals surface area contributed by atoms with Crippen molar-refractivity contribution in [3.8, 4) is 6.07 Å². The Bertz CT molecular complexity index is 368. The molecule has 66 valence electrons. The van der Waals surface area contributed by atoms with Gasteiger partial charge in [0.2, 0.25) is 0 Å². The summed E-state index contributed by atoms with van der Waals surface area (Å²) in [7, 11) is 0. The van der Waals surface area contributed by atoms with E-state index in [4.69, 9.17) is 5.26 Å². The largest absolute Gasteiger partial charge is 0.303 e. The van der Waals surface area contributed by atoms with Gasteiger partial charge >= 0.3 is 0 Å². The second-order valence-electron chi connectivity index (χ2n) is 2.81. The predicted molar refractivity (Wildman–Crippen MR) is 52.9 cm³/mol. The quantitative estimate of drug-likeness (QED) is 0.574. The van der Waals surface area contributed by atoms with Crippen LogP contribution in [0.25, 0.3) is 0 Å². The summed E-state index contributed by atoms with van der Waals surface area (Å²) in [6.45, 7) is 1.79. The number of hydrogen-bond acceptors (Lipinski definition) is 3. The average Bonchev–Trinajstić information content (AvgIpc) is 2.17. The second kappa shape index (κ2) is 4.11. The van der Waals surface area contributed by atoms with Crippen molar-refractivity contribution in [2.24, 2.45) is 0 Å². The molecule has 2 nitrogen and oxygen atoms in total. The smallest absolute Gasteiger partial charge is 0.127 e. The summed E-state index contributed by atoms with van der Waals surface area (Å²) in [6, 6.07) is 7.26.